The van der Waals surface area contributed by atoms with E-state index in [-0.39, 0.29) is 0 Å². The van der Waals surface area contributed by atoms with E-state index < -0.39 is 7.14 Å². The van der Waals surface area contributed by atoms with Gasteiger partial charge in [-0.15, -0.1) is 0 Å². The summed E-state index contributed by atoms with van der Waals surface area (Å²) in [5, 5.41) is 5.95. The Morgan fingerprint density at radius 1 is 0.488 bits per heavy atom. The number of hydrogen-bond acceptors (Lipinski definition) is 2. The number of hydrogen-bond donors (Lipinski definition) is 0. The molecule has 0 fully saturated rings. The van der Waals surface area contributed by atoms with Crippen LogP contribution in [0.25, 0.3) is 49.7 Å². The maximum atomic E-state index is 15.0. The molecule has 0 aliphatic rings. The van der Waals surface area contributed by atoms with Crippen molar-refractivity contribution in [1.82, 2.24) is 9.55 Å². The molecule has 0 aliphatic carbocycles. The van der Waals surface area contributed by atoms with Gasteiger partial charge < -0.3 is 9.13 Å². The van der Waals surface area contributed by atoms with Gasteiger partial charge in [-0.25, -0.2) is 4.98 Å². The van der Waals surface area contributed by atoms with E-state index in [1.54, 1.807) is 0 Å². The predicted octanol–water partition coefficient (Wildman–Crippen LogP) is 8.64. The van der Waals surface area contributed by atoms with Gasteiger partial charge in [-0.1, -0.05) is 127 Å². The first-order valence-electron chi connectivity index (χ1n) is 14.4. The topological polar surface area (TPSA) is 34.9 Å². The van der Waals surface area contributed by atoms with Crippen LogP contribution in [-0.2, 0) is 4.57 Å². The first-order chi connectivity index (χ1) is 21.2. The SMILES string of the molecule is O=P(c1ccccc1)(c1ccccc1)c1ccc(-n2c3ccccc3c3c4ccccc4nc(-c4ccccc4)c32)cc1. The average Bonchev–Trinajstić information content (AvgIpc) is 3.44. The minimum absolute atomic E-state index is 0.807. The molecule has 8 rings (SSSR count). The Morgan fingerprint density at radius 2 is 1.00 bits per heavy atom. The van der Waals surface area contributed by atoms with Crippen LogP contribution in [0.1, 0.15) is 0 Å². The van der Waals surface area contributed by atoms with E-state index in [0.717, 1.165) is 54.8 Å². The summed E-state index contributed by atoms with van der Waals surface area (Å²) >= 11 is 0. The van der Waals surface area contributed by atoms with Crippen molar-refractivity contribution in [2.45, 2.75) is 0 Å². The van der Waals surface area contributed by atoms with E-state index in [1.807, 2.05) is 84.9 Å². The van der Waals surface area contributed by atoms with Crippen molar-refractivity contribution >= 4 is 55.8 Å². The quantitative estimate of drug-likeness (QED) is 0.194. The number of benzene rings is 6. The van der Waals surface area contributed by atoms with Gasteiger partial charge in [0.1, 0.15) is 0 Å². The summed E-state index contributed by atoms with van der Waals surface area (Å²) in [7, 11) is -3.08. The number of para-hydroxylation sites is 2. The Morgan fingerprint density at radius 3 is 1.65 bits per heavy atom. The van der Waals surface area contributed by atoms with Crippen LogP contribution >= 0.6 is 7.14 Å². The van der Waals surface area contributed by atoms with Crippen LogP contribution in [0.15, 0.2) is 164 Å². The van der Waals surface area contributed by atoms with Gasteiger partial charge in [0.15, 0.2) is 7.14 Å². The summed E-state index contributed by atoms with van der Waals surface area (Å²) in [6.07, 6.45) is 0. The lowest BCUT2D eigenvalue weighted by atomic mass is 10.0. The summed E-state index contributed by atoms with van der Waals surface area (Å²) in [5.41, 5.74) is 6.14. The molecule has 6 aromatic carbocycles. The molecule has 2 aromatic heterocycles. The van der Waals surface area contributed by atoms with Gasteiger partial charge in [-0.05, 0) is 36.4 Å². The Kier molecular flexibility index (Phi) is 6.06. The molecule has 204 valence electrons. The smallest absolute Gasteiger partial charge is 0.171 e. The Labute approximate surface area is 250 Å². The monoisotopic (exact) mass is 570 g/mol. The summed E-state index contributed by atoms with van der Waals surface area (Å²) in [6, 6.07) is 55.2. The van der Waals surface area contributed by atoms with Crippen LogP contribution in [-0.4, -0.2) is 9.55 Å². The van der Waals surface area contributed by atoms with E-state index >= 15 is 4.57 Å². The average molecular weight is 571 g/mol. The van der Waals surface area contributed by atoms with Crippen molar-refractivity contribution in [2.75, 3.05) is 0 Å². The Hall–Kier alpha value is -5.24. The molecular formula is C39H27N2OP. The standard InChI is InChI=1S/C39H27N2OP/c42-43(30-16-6-2-7-17-30,31-18-8-3-9-19-31)32-26-24-29(25-27-32)41-36-23-13-11-21-34(36)37-33-20-10-12-22-35(33)40-38(39(37)41)28-14-4-1-5-15-28/h1-27H. The van der Waals surface area contributed by atoms with E-state index in [1.165, 1.54) is 10.8 Å². The van der Waals surface area contributed by atoms with Crippen LogP contribution < -0.4 is 15.9 Å². The fourth-order valence-electron chi connectivity index (χ4n) is 6.29. The summed E-state index contributed by atoms with van der Waals surface area (Å²) in [5.74, 6) is 0. The second kappa shape index (κ2) is 10.2. The lowest BCUT2D eigenvalue weighted by Crippen LogP contribution is -2.24. The fraction of sp³-hybridized carbons (Fsp3) is 0. The van der Waals surface area contributed by atoms with Gasteiger partial charge >= 0.3 is 0 Å². The predicted molar refractivity (Wildman–Crippen MR) is 181 cm³/mol. The highest BCUT2D eigenvalue weighted by atomic mass is 31.2. The summed E-state index contributed by atoms with van der Waals surface area (Å²) in [4.78, 5) is 5.23. The molecule has 0 radical (unpaired) electrons. The lowest BCUT2D eigenvalue weighted by Gasteiger charge is -2.20. The van der Waals surface area contributed by atoms with Gasteiger partial charge in [-0.3, -0.25) is 0 Å². The molecule has 0 spiro atoms. The van der Waals surface area contributed by atoms with Crippen molar-refractivity contribution in [3.8, 4) is 16.9 Å². The van der Waals surface area contributed by atoms with Crippen LogP contribution in [0.3, 0.4) is 0 Å². The maximum absolute atomic E-state index is 15.0. The molecule has 0 saturated heterocycles. The van der Waals surface area contributed by atoms with Gasteiger partial charge in [0, 0.05) is 43.3 Å². The van der Waals surface area contributed by atoms with E-state index in [9.17, 15) is 0 Å². The number of fused-ring (bicyclic) bond motifs is 5. The Balaban J connectivity index is 1.41. The van der Waals surface area contributed by atoms with Crippen molar-refractivity contribution in [3.05, 3.63) is 164 Å². The highest BCUT2D eigenvalue weighted by Crippen LogP contribution is 2.44. The Bertz CT molecular complexity index is 2250. The molecule has 0 amide bonds. The van der Waals surface area contributed by atoms with Gasteiger partial charge in [-0.2, -0.15) is 0 Å². The van der Waals surface area contributed by atoms with E-state index in [4.69, 9.17) is 4.98 Å². The number of aromatic nitrogens is 2. The van der Waals surface area contributed by atoms with Gasteiger partial charge in [0.25, 0.3) is 0 Å². The van der Waals surface area contributed by atoms with Crippen molar-refractivity contribution in [1.29, 1.82) is 0 Å². The highest BCUT2D eigenvalue weighted by Gasteiger charge is 2.29. The second-order valence-electron chi connectivity index (χ2n) is 10.7. The minimum Gasteiger partial charge on any atom is -0.309 e. The van der Waals surface area contributed by atoms with Crippen molar-refractivity contribution in [3.63, 3.8) is 0 Å². The zero-order valence-corrected chi connectivity index (χ0v) is 24.2. The molecule has 0 aliphatic heterocycles. The van der Waals surface area contributed by atoms with Gasteiger partial charge in [0.05, 0.1) is 22.2 Å². The largest absolute Gasteiger partial charge is 0.309 e. The molecular weight excluding hydrogens is 543 g/mol. The molecule has 4 heteroatoms. The second-order valence-corrected chi connectivity index (χ2v) is 13.5. The van der Waals surface area contributed by atoms with E-state index in [0.29, 0.717) is 0 Å². The molecule has 0 saturated carbocycles. The number of nitrogens with zero attached hydrogens (tertiary/aromatic N) is 2. The molecule has 0 bridgehead atoms. The number of rotatable bonds is 5. The maximum Gasteiger partial charge on any atom is 0.171 e. The van der Waals surface area contributed by atoms with Crippen LogP contribution in [0, 0.1) is 0 Å². The summed E-state index contributed by atoms with van der Waals surface area (Å²) < 4.78 is 17.3. The molecule has 43 heavy (non-hydrogen) atoms. The third kappa shape index (κ3) is 4.05. The minimum atomic E-state index is -3.08. The molecule has 3 nitrogen and oxygen atoms in total. The first-order valence-corrected chi connectivity index (χ1v) is 16.1. The first kappa shape index (κ1) is 25.5. The van der Waals surface area contributed by atoms with Crippen LogP contribution in [0.5, 0.6) is 0 Å². The fourth-order valence-corrected chi connectivity index (χ4v) is 8.94. The normalized spacial score (nSPS) is 11.8. The zero-order chi connectivity index (χ0) is 28.8. The molecule has 2 heterocycles. The molecule has 0 atom stereocenters. The zero-order valence-electron chi connectivity index (χ0n) is 23.3. The van der Waals surface area contributed by atoms with Crippen molar-refractivity contribution < 1.29 is 4.57 Å². The van der Waals surface area contributed by atoms with Crippen LogP contribution in [0.2, 0.25) is 0 Å². The molecule has 0 N–H and O–H groups in total. The van der Waals surface area contributed by atoms with Crippen LogP contribution in [0.4, 0.5) is 0 Å². The lowest BCUT2D eigenvalue weighted by molar-refractivity contribution is 0.592. The molecule has 8 aromatic rings. The van der Waals surface area contributed by atoms with E-state index in [2.05, 4.69) is 83.4 Å². The van der Waals surface area contributed by atoms with Crippen molar-refractivity contribution in [2.24, 2.45) is 0 Å². The van der Waals surface area contributed by atoms with Gasteiger partial charge in [0.2, 0.25) is 0 Å². The third-order valence-corrected chi connectivity index (χ3v) is 11.3. The molecule has 0 unspecified atom stereocenters. The summed E-state index contributed by atoms with van der Waals surface area (Å²) in [6.45, 7) is 0. The number of pyridine rings is 1. The highest BCUT2D eigenvalue weighted by molar-refractivity contribution is 7.85. The third-order valence-electron chi connectivity index (χ3n) is 8.26.